The van der Waals surface area contributed by atoms with Gasteiger partial charge in [0.2, 0.25) is 0 Å². The largest absolute Gasteiger partial charge is 0.381 e. The summed E-state index contributed by atoms with van der Waals surface area (Å²) in [5.74, 6) is 0.506. The number of hydrogen-bond donors (Lipinski definition) is 1. The van der Waals surface area contributed by atoms with Crippen molar-refractivity contribution in [3.8, 4) is 0 Å². The van der Waals surface area contributed by atoms with E-state index in [4.69, 9.17) is 4.74 Å². The van der Waals surface area contributed by atoms with Crippen molar-refractivity contribution in [2.24, 2.45) is 5.92 Å². The zero-order chi connectivity index (χ0) is 13.0. The van der Waals surface area contributed by atoms with E-state index in [1.54, 1.807) is 10.7 Å². The van der Waals surface area contributed by atoms with Gasteiger partial charge in [0.05, 0.1) is 0 Å². The second-order valence-electron chi connectivity index (χ2n) is 5.05. The molecule has 0 saturated carbocycles. The molecule has 0 aliphatic carbocycles. The topological polar surface area (TPSA) is 56.2 Å². The van der Waals surface area contributed by atoms with Crippen LogP contribution in [0.15, 0.2) is 12.3 Å². The molecule has 1 aliphatic rings. The highest BCUT2D eigenvalue weighted by Crippen LogP contribution is 2.15. The van der Waals surface area contributed by atoms with Gasteiger partial charge in [-0.3, -0.25) is 9.48 Å². The van der Waals surface area contributed by atoms with Crippen molar-refractivity contribution in [2.75, 3.05) is 19.8 Å². The first-order valence-corrected chi connectivity index (χ1v) is 6.58. The minimum absolute atomic E-state index is 0.0895. The zero-order valence-corrected chi connectivity index (χ0v) is 11.1. The summed E-state index contributed by atoms with van der Waals surface area (Å²) >= 11 is 0. The van der Waals surface area contributed by atoms with Gasteiger partial charge in [0.25, 0.3) is 5.91 Å². The molecule has 2 rings (SSSR count). The summed E-state index contributed by atoms with van der Waals surface area (Å²) in [5.41, 5.74) is 0.492. The molecule has 0 radical (unpaired) electrons. The van der Waals surface area contributed by atoms with Crippen LogP contribution in [-0.4, -0.2) is 35.4 Å². The predicted molar refractivity (Wildman–Crippen MR) is 68.5 cm³/mol. The highest BCUT2D eigenvalue weighted by atomic mass is 16.5. The Hall–Kier alpha value is -1.36. The molecule has 18 heavy (non-hydrogen) atoms. The highest BCUT2D eigenvalue weighted by molar-refractivity contribution is 5.92. The molecule has 1 unspecified atom stereocenters. The standard InChI is InChI=1S/C13H21N3O2/c1-10(2)16-7-4-12(15-16)13(17)14-6-3-11-5-8-18-9-11/h4,7,10-11H,3,5-6,8-9H2,1-2H3,(H,14,17). The van der Waals surface area contributed by atoms with E-state index in [9.17, 15) is 4.79 Å². The van der Waals surface area contributed by atoms with E-state index >= 15 is 0 Å². The van der Waals surface area contributed by atoms with E-state index < -0.39 is 0 Å². The third kappa shape index (κ3) is 3.32. The summed E-state index contributed by atoms with van der Waals surface area (Å²) in [6, 6.07) is 2.04. The van der Waals surface area contributed by atoms with Crippen LogP contribution in [0.25, 0.3) is 0 Å². The number of ether oxygens (including phenoxy) is 1. The maximum absolute atomic E-state index is 11.8. The van der Waals surface area contributed by atoms with Crippen molar-refractivity contribution in [2.45, 2.75) is 32.7 Å². The molecule has 1 amide bonds. The lowest BCUT2D eigenvalue weighted by atomic mass is 10.1. The van der Waals surface area contributed by atoms with Gasteiger partial charge in [0.15, 0.2) is 0 Å². The first-order valence-electron chi connectivity index (χ1n) is 6.58. The van der Waals surface area contributed by atoms with Gasteiger partial charge in [-0.2, -0.15) is 5.10 Å². The maximum atomic E-state index is 11.8. The SMILES string of the molecule is CC(C)n1ccc(C(=O)NCCC2CCOC2)n1. The first kappa shape index (κ1) is 13.1. The summed E-state index contributed by atoms with van der Waals surface area (Å²) in [5, 5.41) is 7.15. The Morgan fingerprint density at radius 3 is 3.11 bits per heavy atom. The van der Waals surface area contributed by atoms with Crippen LogP contribution in [0.4, 0.5) is 0 Å². The molecule has 0 aromatic carbocycles. The van der Waals surface area contributed by atoms with Gasteiger partial charge in [0, 0.05) is 32.0 Å². The number of hydrogen-bond acceptors (Lipinski definition) is 3. The summed E-state index contributed by atoms with van der Waals surface area (Å²) < 4.78 is 7.09. The fourth-order valence-electron chi connectivity index (χ4n) is 2.04. The van der Waals surface area contributed by atoms with Gasteiger partial charge in [-0.1, -0.05) is 0 Å². The molecular weight excluding hydrogens is 230 g/mol. The lowest BCUT2D eigenvalue weighted by Crippen LogP contribution is -2.26. The average Bonchev–Trinajstić information content (AvgIpc) is 2.99. The van der Waals surface area contributed by atoms with Gasteiger partial charge in [0.1, 0.15) is 5.69 Å². The third-order valence-electron chi connectivity index (χ3n) is 3.23. The Kier molecular flexibility index (Phi) is 4.36. The maximum Gasteiger partial charge on any atom is 0.271 e. The van der Waals surface area contributed by atoms with Crippen molar-refractivity contribution in [3.63, 3.8) is 0 Å². The van der Waals surface area contributed by atoms with Crippen molar-refractivity contribution in [1.82, 2.24) is 15.1 Å². The quantitative estimate of drug-likeness (QED) is 0.865. The summed E-state index contributed by atoms with van der Waals surface area (Å²) in [7, 11) is 0. The van der Waals surface area contributed by atoms with Crippen LogP contribution >= 0.6 is 0 Å². The van der Waals surface area contributed by atoms with E-state index in [1.807, 2.05) is 20.0 Å². The second kappa shape index (κ2) is 6.00. The fourth-order valence-corrected chi connectivity index (χ4v) is 2.04. The van der Waals surface area contributed by atoms with Crippen LogP contribution in [0.1, 0.15) is 43.2 Å². The number of nitrogens with zero attached hydrogens (tertiary/aromatic N) is 2. The molecule has 5 nitrogen and oxygen atoms in total. The molecule has 100 valence electrons. The van der Waals surface area contributed by atoms with E-state index in [1.165, 1.54) is 0 Å². The van der Waals surface area contributed by atoms with E-state index in [0.29, 0.717) is 18.2 Å². The summed E-state index contributed by atoms with van der Waals surface area (Å²) in [6.07, 6.45) is 3.93. The highest BCUT2D eigenvalue weighted by Gasteiger charge is 2.16. The van der Waals surface area contributed by atoms with Gasteiger partial charge in [-0.15, -0.1) is 0 Å². The summed E-state index contributed by atoms with van der Waals surface area (Å²) in [6.45, 7) is 6.46. The molecular formula is C13H21N3O2. The molecule has 1 fully saturated rings. The zero-order valence-electron chi connectivity index (χ0n) is 11.1. The molecule has 1 aromatic heterocycles. The second-order valence-corrected chi connectivity index (χ2v) is 5.05. The molecule has 1 atom stereocenters. The molecule has 1 aliphatic heterocycles. The minimum Gasteiger partial charge on any atom is -0.381 e. The first-order chi connectivity index (χ1) is 8.66. The van der Waals surface area contributed by atoms with Gasteiger partial charge < -0.3 is 10.1 Å². The van der Waals surface area contributed by atoms with Crippen molar-refractivity contribution in [3.05, 3.63) is 18.0 Å². The Labute approximate surface area is 108 Å². The lowest BCUT2D eigenvalue weighted by molar-refractivity contribution is 0.0944. The van der Waals surface area contributed by atoms with Crippen molar-refractivity contribution in [1.29, 1.82) is 0 Å². The van der Waals surface area contributed by atoms with Crippen LogP contribution in [0.5, 0.6) is 0 Å². The molecule has 1 aromatic rings. The minimum atomic E-state index is -0.0895. The van der Waals surface area contributed by atoms with Gasteiger partial charge in [-0.05, 0) is 38.7 Å². The monoisotopic (exact) mass is 251 g/mol. The van der Waals surface area contributed by atoms with Crippen LogP contribution in [0, 0.1) is 5.92 Å². The van der Waals surface area contributed by atoms with Gasteiger partial charge >= 0.3 is 0 Å². The number of aromatic nitrogens is 2. The van der Waals surface area contributed by atoms with E-state index in [2.05, 4.69) is 10.4 Å². The number of amides is 1. The van der Waals surface area contributed by atoms with Crippen LogP contribution in [0.3, 0.4) is 0 Å². The van der Waals surface area contributed by atoms with Crippen molar-refractivity contribution >= 4 is 5.91 Å². The van der Waals surface area contributed by atoms with Gasteiger partial charge in [-0.25, -0.2) is 0 Å². The summed E-state index contributed by atoms with van der Waals surface area (Å²) in [4.78, 5) is 11.8. The molecule has 2 heterocycles. The Bertz CT molecular complexity index is 395. The lowest BCUT2D eigenvalue weighted by Gasteiger charge is -2.08. The third-order valence-corrected chi connectivity index (χ3v) is 3.23. The average molecular weight is 251 g/mol. The molecule has 1 saturated heterocycles. The Morgan fingerprint density at radius 1 is 1.67 bits per heavy atom. The molecule has 0 spiro atoms. The molecule has 0 bridgehead atoms. The molecule has 5 heteroatoms. The van der Waals surface area contributed by atoms with E-state index in [0.717, 1.165) is 26.1 Å². The van der Waals surface area contributed by atoms with Crippen LogP contribution in [0.2, 0.25) is 0 Å². The normalized spacial score (nSPS) is 19.4. The number of carbonyl (C=O) groups is 1. The number of rotatable bonds is 5. The number of carbonyl (C=O) groups excluding carboxylic acids is 1. The Balaban J connectivity index is 1.76. The predicted octanol–water partition coefficient (Wildman–Crippen LogP) is 1.62. The smallest absolute Gasteiger partial charge is 0.271 e. The Morgan fingerprint density at radius 2 is 2.50 bits per heavy atom. The fraction of sp³-hybridized carbons (Fsp3) is 0.692. The van der Waals surface area contributed by atoms with Crippen LogP contribution < -0.4 is 5.32 Å². The number of nitrogens with one attached hydrogen (secondary N) is 1. The van der Waals surface area contributed by atoms with Crippen LogP contribution in [-0.2, 0) is 4.74 Å². The van der Waals surface area contributed by atoms with Crippen molar-refractivity contribution < 1.29 is 9.53 Å². The van der Waals surface area contributed by atoms with E-state index in [-0.39, 0.29) is 11.9 Å². The molecule has 1 N–H and O–H groups in total.